The molecule has 0 atom stereocenters. The maximum absolute atomic E-state index is 13.3. The molecular formula is C17H20FNO3S. The van der Waals surface area contributed by atoms with Crippen molar-refractivity contribution < 1.29 is 17.5 Å². The number of hydrogen-bond donors (Lipinski definition) is 1. The fourth-order valence-corrected chi connectivity index (χ4v) is 3.35. The highest BCUT2D eigenvalue weighted by molar-refractivity contribution is 7.89. The van der Waals surface area contributed by atoms with E-state index in [0.29, 0.717) is 5.56 Å². The van der Waals surface area contributed by atoms with Gasteiger partial charge >= 0.3 is 0 Å². The van der Waals surface area contributed by atoms with E-state index in [2.05, 4.69) is 4.72 Å². The molecule has 4 nitrogen and oxygen atoms in total. The van der Waals surface area contributed by atoms with Crippen molar-refractivity contribution in [3.8, 4) is 5.75 Å². The molecular weight excluding hydrogens is 317 g/mol. The van der Waals surface area contributed by atoms with Gasteiger partial charge < -0.3 is 4.74 Å². The van der Waals surface area contributed by atoms with Crippen LogP contribution in [-0.2, 0) is 16.6 Å². The van der Waals surface area contributed by atoms with Crippen LogP contribution in [0.5, 0.6) is 5.75 Å². The molecule has 0 aromatic heterocycles. The fraction of sp³-hybridized carbons (Fsp3) is 0.294. The number of sulfonamides is 1. The Labute approximate surface area is 136 Å². The Morgan fingerprint density at radius 2 is 1.78 bits per heavy atom. The quantitative estimate of drug-likeness (QED) is 0.879. The average Bonchev–Trinajstić information content (AvgIpc) is 2.48. The lowest BCUT2D eigenvalue weighted by atomic mass is 10.2. The predicted molar refractivity (Wildman–Crippen MR) is 87.4 cm³/mol. The molecule has 0 aliphatic carbocycles. The Hall–Kier alpha value is -1.92. The van der Waals surface area contributed by atoms with Crippen molar-refractivity contribution in [1.82, 2.24) is 4.72 Å². The van der Waals surface area contributed by atoms with Gasteiger partial charge in [0, 0.05) is 6.54 Å². The molecule has 23 heavy (non-hydrogen) atoms. The zero-order valence-electron chi connectivity index (χ0n) is 13.3. The Morgan fingerprint density at radius 1 is 1.13 bits per heavy atom. The molecule has 0 aliphatic heterocycles. The topological polar surface area (TPSA) is 55.4 Å². The Morgan fingerprint density at radius 3 is 2.39 bits per heavy atom. The van der Waals surface area contributed by atoms with Crippen molar-refractivity contribution >= 4 is 10.0 Å². The summed E-state index contributed by atoms with van der Waals surface area (Å²) in [7, 11) is -3.76. The number of nitrogens with one attached hydrogen (secondary N) is 1. The molecule has 0 amide bonds. The van der Waals surface area contributed by atoms with Crippen LogP contribution in [0, 0.1) is 12.7 Å². The molecule has 2 rings (SSSR count). The number of rotatable bonds is 6. The smallest absolute Gasteiger partial charge is 0.241 e. The van der Waals surface area contributed by atoms with Gasteiger partial charge in [-0.1, -0.05) is 18.2 Å². The first-order valence-electron chi connectivity index (χ1n) is 7.29. The second kappa shape index (κ2) is 7.10. The second-order valence-electron chi connectivity index (χ2n) is 5.54. The third-order valence-corrected chi connectivity index (χ3v) is 4.74. The molecule has 0 unspecified atom stereocenters. The monoisotopic (exact) mass is 337 g/mol. The number of halogens is 1. The molecule has 0 spiro atoms. The van der Waals surface area contributed by atoms with Crippen LogP contribution in [0.15, 0.2) is 47.4 Å². The molecule has 6 heteroatoms. The minimum Gasteiger partial charge on any atom is -0.491 e. The van der Waals surface area contributed by atoms with Gasteiger partial charge in [0.15, 0.2) is 0 Å². The summed E-state index contributed by atoms with van der Waals surface area (Å²) in [6, 6.07) is 10.9. The molecule has 0 saturated heterocycles. The molecule has 0 fully saturated rings. The first-order chi connectivity index (χ1) is 10.8. The number of ether oxygens (including phenoxy) is 1. The van der Waals surface area contributed by atoms with Gasteiger partial charge in [-0.15, -0.1) is 0 Å². The van der Waals surface area contributed by atoms with Gasteiger partial charge in [0.05, 0.1) is 11.0 Å². The average molecular weight is 337 g/mol. The van der Waals surface area contributed by atoms with Crippen LogP contribution < -0.4 is 9.46 Å². The summed E-state index contributed by atoms with van der Waals surface area (Å²) >= 11 is 0. The molecule has 0 bridgehead atoms. The largest absolute Gasteiger partial charge is 0.491 e. The molecule has 2 aromatic carbocycles. The van der Waals surface area contributed by atoms with Crippen LogP contribution in [0.3, 0.4) is 0 Å². The first-order valence-corrected chi connectivity index (χ1v) is 8.77. The van der Waals surface area contributed by atoms with Crippen molar-refractivity contribution in [2.45, 2.75) is 38.3 Å². The molecule has 0 saturated carbocycles. The lowest BCUT2D eigenvalue weighted by molar-refractivity contribution is 0.242. The molecule has 0 heterocycles. The van der Waals surface area contributed by atoms with E-state index in [0.717, 1.165) is 17.4 Å². The van der Waals surface area contributed by atoms with E-state index in [-0.39, 0.29) is 17.5 Å². The van der Waals surface area contributed by atoms with Crippen LogP contribution in [0.4, 0.5) is 4.39 Å². The van der Waals surface area contributed by atoms with Crippen molar-refractivity contribution in [2.24, 2.45) is 0 Å². The van der Waals surface area contributed by atoms with Gasteiger partial charge in [-0.2, -0.15) is 0 Å². The summed E-state index contributed by atoms with van der Waals surface area (Å²) < 4.78 is 45.9. The van der Waals surface area contributed by atoms with Crippen LogP contribution >= 0.6 is 0 Å². The van der Waals surface area contributed by atoms with E-state index in [1.807, 2.05) is 13.8 Å². The number of hydrogen-bond acceptors (Lipinski definition) is 3. The van der Waals surface area contributed by atoms with E-state index < -0.39 is 15.8 Å². The zero-order chi connectivity index (χ0) is 17.0. The number of aryl methyl sites for hydroxylation is 1. The summed E-state index contributed by atoms with van der Waals surface area (Å²) in [5, 5.41) is 0. The van der Waals surface area contributed by atoms with Crippen molar-refractivity contribution in [3.05, 3.63) is 59.4 Å². The third-order valence-electron chi connectivity index (χ3n) is 3.20. The molecule has 0 radical (unpaired) electrons. The minimum absolute atomic E-state index is 0.0442. The summed E-state index contributed by atoms with van der Waals surface area (Å²) in [5.41, 5.74) is 1.29. The molecule has 1 N–H and O–H groups in total. The zero-order valence-corrected chi connectivity index (χ0v) is 14.2. The van der Waals surface area contributed by atoms with E-state index in [4.69, 9.17) is 4.74 Å². The summed E-state index contributed by atoms with van der Waals surface area (Å²) in [4.78, 5) is -0.0442. The van der Waals surface area contributed by atoms with Gasteiger partial charge in [0.2, 0.25) is 10.0 Å². The lowest BCUT2D eigenvalue weighted by Crippen LogP contribution is -2.24. The lowest BCUT2D eigenvalue weighted by Gasteiger charge is -2.11. The fourth-order valence-electron chi connectivity index (χ4n) is 2.08. The predicted octanol–water partition coefficient (Wildman–Crippen LogP) is 3.40. The Balaban J connectivity index is 2.08. The Bertz CT molecular complexity index is 771. The van der Waals surface area contributed by atoms with E-state index >= 15 is 0 Å². The van der Waals surface area contributed by atoms with Gasteiger partial charge in [-0.25, -0.2) is 17.5 Å². The molecule has 2 aromatic rings. The van der Waals surface area contributed by atoms with E-state index in [1.54, 1.807) is 31.2 Å². The van der Waals surface area contributed by atoms with Gasteiger partial charge in [-0.05, 0) is 56.2 Å². The van der Waals surface area contributed by atoms with Crippen LogP contribution in [0.25, 0.3) is 0 Å². The van der Waals surface area contributed by atoms with Crippen LogP contribution in [0.1, 0.15) is 25.0 Å². The third kappa shape index (κ3) is 4.77. The standard InChI is InChI=1S/C17H20FNO3S/c1-12(2)22-16-8-5-14(6-9-16)11-19-23(20,21)17-10-15(18)7-4-13(17)3/h4-10,12,19H,11H2,1-3H3. The summed E-state index contributed by atoms with van der Waals surface area (Å²) in [6.45, 7) is 5.62. The van der Waals surface area contributed by atoms with Crippen molar-refractivity contribution in [2.75, 3.05) is 0 Å². The highest BCUT2D eigenvalue weighted by Gasteiger charge is 2.17. The van der Waals surface area contributed by atoms with Gasteiger partial charge in [0.25, 0.3) is 0 Å². The summed E-state index contributed by atoms with van der Waals surface area (Å²) in [5.74, 6) is 0.152. The minimum atomic E-state index is -3.76. The normalized spacial score (nSPS) is 11.7. The Kier molecular flexibility index (Phi) is 5.38. The highest BCUT2D eigenvalue weighted by atomic mass is 32.2. The SMILES string of the molecule is Cc1ccc(F)cc1S(=O)(=O)NCc1ccc(OC(C)C)cc1. The second-order valence-corrected chi connectivity index (χ2v) is 7.28. The first kappa shape index (κ1) is 17.4. The van der Waals surface area contributed by atoms with Crippen LogP contribution in [0.2, 0.25) is 0 Å². The highest BCUT2D eigenvalue weighted by Crippen LogP contribution is 2.18. The van der Waals surface area contributed by atoms with E-state index in [9.17, 15) is 12.8 Å². The summed E-state index contributed by atoms with van der Waals surface area (Å²) in [6.07, 6.45) is 0.0790. The maximum atomic E-state index is 13.3. The van der Waals surface area contributed by atoms with E-state index in [1.165, 1.54) is 12.1 Å². The molecule has 124 valence electrons. The van der Waals surface area contributed by atoms with Crippen LogP contribution in [-0.4, -0.2) is 14.5 Å². The number of benzene rings is 2. The van der Waals surface area contributed by atoms with Crippen molar-refractivity contribution in [1.29, 1.82) is 0 Å². The van der Waals surface area contributed by atoms with Crippen molar-refractivity contribution in [3.63, 3.8) is 0 Å². The molecule has 0 aliphatic rings. The van der Waals surface area contributed by atoms with Gasteiger partial charge in [0.1, 0.15) is 11.6 Å². The maximum Gasteiger partial charge on any atom is 0.241 e. The van der Waals surface area contributed by atoms with Gasteiger partial charge in [-0.3, -0.25) is 0 Å².